The number of hydrogen-bond donors (Lipinski definition) is 2. The van der Waals surface area contributed by atoms with Crippen LogP contribution >= 0.6 is 0 Å². The molecular weight excluding hydrogens is 345 g/mol. The first-order valence-corrected chi connectivity index (χ1v) is 8.47. The molecule has 132 valence electrons. The van der Waals surface area contributed by atoms with Gasteiger partial charge in [0.05, 0.1) is 11.5 Å². The van der Waals surface area contributed by atoms with E-state index < -0.39 is 17.3 Å². The van der Waals surface area contributed by atoms with Crippen molar-refractivity contribution >= 4 is 16.7 Å². The van der Waals surface area contributed by atoms with Crippen molar-refractivity contribution in [1.29, 1.82) is 0 Å². The van der Waals surface area contributed by atoms with Crippen molar-refractivity contribution in [3.05, 3.63) is 93.5 Å². The monoisotopic (exact) mass is 359 g/mol. The number of halogens is 1. The Balaban J connectivity index is 1.93. The van der Waals surface area contributed by atoms with Crippen molar-refractivity contribution in [2.75, 3.05) is 5.73 Å². The molecular formula is C21H14FN3O2. The van der Waals surface area contributed by atoms with Crippen LogP contribution < -0.4 is 16.0 Å². The van der Waals surface area contributed by atoms with Crippen molar-refractivity contribution in [1.82, 2.24) is 9.97 Å². The maximum Gasteiger partial charge on any atom is 0.260 e. The molecule has 1 aromatic heterocycles. The van der Waals surface area contributed by atoms with Gasteiger partial charge >= 0.3 is 0 Å². The highest BCUT2D eigenvalue weighted by Gasteiger charge is 2.35. The summed E-state index contributed by atoms with van der Waals surface area (Å²) in [5.41, 5.74) is 6.62. The van der Waals surface area contributed by atoms with Crippen LogP contribution in [0, 0.1) is 5.82 Å². The number of aromatic nitrogens is 2. The number of hydrogen-bond acceptors (Lipinski definition) is 4. The van der Waals surface area contributed by atoms with E-state index in [9.17, 15) is 9.18 Å². The van der Waals surface area contributed by atoms with Crippen LogP contribution in [-0.4, -0.2) is 9.97 Å². The molecule has 0 saturated heterocycles. The van der Waals surface area contributed by atoms with Gasteiger partial charge in [-0.2, -0.15) is 4.98 Å². The lowest BCUT2D eigenvalue weighted by Crippen LogP contribution is -2.25. The second-order valence-corrected chi connectivity index (χ2v) is 6.43. The topological polar surface area (TPSA) is 81.0 Å². The summed E-state index contributed by atoms with van der Waals surface area (Å²) >= 11 is 0. The largest absolute Gasteiger partial charge is 0.438 e. The van der Waals surface area contributed by atoms with Crippen LogP contribution in [0.1, 0.15) is 22.6 Å². The number of benzene rings is 3. The Labute approximate surface area is 153 Å². The predicted octanol–water partition coefficient (Wildman–Crippen LogP) is 3.93. The van der Waals surface area contributed by atoms with Gasteiger partial charge in [0.15, 0.2) is 0 Å². The molecule has 0 radical (unpaired) electrons. The van der Waals surface area contributed by atoms with Crippen LogP contribution in [0.2, 0.25) is 0 Å². The molecule has 1 aliphatic heterocycles. The average molecular weight is 359 g/mol. The van der Waals surface area contributed by atoms with E-state index in [1.807, 2.05) is 36.4 Å². The van der Waals surface area contributed by atoms with E-state index in [2.05, 4.69) is 9.97 Å². The van der Waals surface area contributed by atoms with Gasteiger partial charge in [-0.3, -0.25) is 9.78 Å². The quantitative estimate of drug-likeness (QED) is 0.475. The van der Waals surface area contributed by atoms with Gasteiger partial charge in [0, 0.05) is 11.1 Å². The fourth-order valence-corrected chi connectivity index (χ4v) is 3.74. The Morgan fingerprint density at radius 2 is 1.78 bits per heavy atom. The summed E-state index contributed by atoms with van der Waals surface area (Å²) in [5.74, 6) is -0.465. The zero-order chi connectivity index (χ0) is 18.5. The van der Waals surface area contributed by atoms with Crippen molar-refractivity contribution in [3.8, 4) is 11.6 Å². The van der Waals surface area contributed by atoms with Crippen molar-refractivity contribution < 1.29 is 9.13 Å². The maximum absolute atomic E-state index is 14.8. The van der Waals surface area contributed by atoms with Gasteiger partial charge in [0.2, 0.25) is 11.8 Å². The number of aromatic amines is 1. The Morgan fingerprint density at radius 1 is 1.00 bits per heavy atom. The minimum atomic E-state index is -0.659. The van der Waals surface area contributed by atoms with Gasteiger partial charge in [0.1, 0.15) is 11.6 Å². The number of nitrogens with two attached hydrogens (primary N) is 1. The molecule has 4 aromatic rings. The molecule has 0 bridgehead atoms. The van der Waals surface area contributed by atoms with E-state index in [1.54, 1.807) is 18.2 Å². The molecule has 5 rings (SSSR count). The second-order valence-electron chi connectivity index (χ2n) is 6.43. The fraction of sp³-hybridized carbons (Fsp3) is 0.0476. The normalized spacial score (nSPS) is 15.1. The maximum atomic E-state index is 14.8. The number of rotatable bonds is 1. The van der Waals surface area contributed by atoms with Gasteiger partial charge < -0.3 is 10.5 Å². The SMILES string of the molecule is Nc1nc2c(c(=O)[nH]1)C(c1ccccc1F)c1c(ccc3ccccc13)O2. The molecule has 1 unspecified atom stereocenters. The average Bonchev–Trinajstić information content (AvgIpc) is 2.66. The molecule has 3 aromatic carbocycles. The van der Waals surface area contributed by atoms with Gasteiger partial charge in [-0.05, 0) is 22.9 Å². The molecule has 2 heterocycles. The standard InChI is InChI=1S/C21H14FN3O2/c22-14-8-4-3-7-13(14)17-16-12-6-2-1-5-11(12)9-10-15(16)27-20-18(17)19(26)24-21(23)25-20/h1-10,17H,(H3,23,24,25,26). The van der Waals surface area contributed by atoms with Crippen molar-refractivity contribution in [2.24, 2.45) is 0 Å². The molecule has 3 N–H and O–H groups in total. The summed E-state index contributed by atoms with van der Waals surface area (Å²) in [5, 5.41) is 1.87. The first-order valence-electron chi connectivity index (χ1n) is 8.47. The lowest BCUT2D eigenvalue weighted by Gasteiger charge is -2.28. The summed E-state index contributed by atoms with van der Waals surface area (Å²) in [6, 6.07) is 17.9. The third-order valence-electron chi connectivity index (χ3n) is 4.87. The molecule has 0 spiro atoms. The smallest absolute Gasteiger partial charge is 0.260 e. The first-order chi connectivity index (χ1) is 13.1. The van der Waals surface area contributed by atoms with Crippen LogP contribution in [0.15, 0.2) is 65.5 Å². The summed E-state index contributed by atoms with van der Waals surface area (Å²) in [6.07, 6.45) is 0. The summed E-state index contributed by atoms with van der Waals surface area (Å²) in [7, 11) is 0. The summed E-state index contributed by atoms with van der Waals surface area (Å²) < 4.78 is 20.7. The molecule has 5 nitrogen and oxygen atoms in total. The van der Waals surface area contributed by atoms with Crippen LogP contribution in [0.3, 0.4) is 0 Å². The van der Waals surface area contributed by atoms with Crippen molar-refractivity contribution in [2.45, 2.75) is 5.92 Å². The van der Waals surface area contributed by atoms with Crippen LogP contribution in [-0.2, 0) is 0 Å². The lowest BCUT2D eigenvalue weighted by molar-refractivity contribution is 0.431. The molecule has 27 heavy (non-hydrogen) atoms. The molecule has 6 heteroatoms. The van der Waals surface area contributed by atoms with E-state index in [0.717, 1.165) is 16.3 Å². The zero-order valence-electron chi connectivity index (χ0n) is 14.1. The highest BCUT2D eigenvalue weighted by atomic mass is 19.1. The Bertz CT molecular complexity index is 1270. The van der Waals surface area contributed by atoms with E-state index in [0.29, 0.717) is 11.3 Å². The number of fused-ring (bicyclic) bond motifs is 4. The molecule has 0 saturated carbocycles. The highest BCUT2D eigenvalue weighted by Crippen LogP contribution is 2.48. The number of nitrogen functional groups attached to an aromatic ring is 1. The molecule has 1 aliphatic rings. The van der Waals surface area contributed by atoms with Crippen LogP contribution in [0.4, 0.5) is 10.3 Å². The highest BCUT2D eigenvalue weighted by molar-refractivity contribution is 5.90. The molecule has 0 amide bonds. The minimum Gasteiger partial charge on any atom is -0.438 e. The number of H-pyrrole nitrogens is 1. The third-order valence-corrected chi connectivity index (χ3v) is 4.87. The minimum absolute atomic E-state index is 0.0460. The van der Waals surface area contributed by atoms with Crippen LogP contribution in [0.25, 0.3) is 10.8 Å². The Kier molecular flexibility index (Phi) is 3.27. The van der Waals surface area contributed by atoms with E-state index in [1.165, 1.54) is 6.07 Å². The fourth-order valence-electron chi connectivity index (χ4n) is 3.74. The molecule has 0 aliphatic carbocycles. The van der Waals surface area contributed by atoms with Gasteiger partial charge in [-0.25, -0.2) is 4.39 Å². The van der Waals surface area contributed by atoms with Gasteiger partial charge in [-0.1, -0.05) is 48.5 Å². The van der Waals surface area contributed by atoms with Gasteiger partial charge in [-0.15, -0.1) is 0 Å². The van der Waals surface area contributed by atoms with E-state index in [-0.39, 0.29) is 17.4 Å². The summed E-state index contributed by atoms with van der Waals surface area (Å²) in [4.78, 5) is 19.4. The first kappa shape index (κ1) is 15.6. The second kappa shape index (κ2) is 5.67. The lowest BCUT2D eigenvalue weighted by atomic mass is 9.81. The Morgan fingerprint density at radius 3 is 2.63 bits per heavy atom. The van der Waals surface area contributed by atoms with Crippen molar-refractivity contribution in [3.63, 3.8) is 0 Å². The van der Waals surface area contributed by atoms with Crippen LogP contribution in [0.5, 0.6) is 11.6 Å². The number of ether oxygens (including phenoxy) is 1. The number of nitrogens with one attached hydrogen (secondary N) is 1. The zero-order valence-corrected chi connectivity index (χ0v) is 14.1. The number of anilines is 1. The molecule has 0 fully saturated rings. The van der Waals surface area contributed by atoms with Gasteiger partial charge in [0.25, 0.3) is 5.56 Å². The Hall–Kier alpha value is -3.67. The summed E-state index contributed by atoms with van der Waals surface area (Å²) in [6.45, 7) is 0. The molecule has 1 atom stereocenters. The third kappa shape index (κ3) is 2.30. The van der Waals surface area contributed by atoms with E-state index in [4.69, 9.17) is 10.5 Å². The van der Waals surface area contributed by atoms with E-state index >= 15 is 0 Å². The number of nitrogens with zero attached hydrogens (tertiary/aromatic N) is 1. The predicted molar refractivity (Wildman–Crippen MR) is 101 cm³/mol.